The van der Waals surface area contributed by atoms with Crippen molar-refractivity contribution in [3.63, 3.8) is 0 Å². The predicted molar refractivity (Wildman–Crippen MR) is 83.4 cm³/mol. The van der Waals surface area contributed by atoms with Gasteiger partial charge in [0.2, 0.25) is 0 Å². The number of aromatic nitrogens is 1. The monoisotopic (exact) mass is 300 g/mol. The number of thioether (sulfide) groups is 2. The zero-order valence-corrected chi connectivity index (χ0v) is 13.1. The molecule has 1 aromatic rings. The molecule has 1 N–H and O–H groups in total. The van der Waals surface area contributed by atoms with E-state index in [0.29, 0.717) is 10.5 Å². The first-order chi connectivity index (χ1) is 9.24. The van der Waals surface area contributed by atoms with Crippen molar-refractivity contribution in [3.05, 3.63) is 29.8 Å². The highest BCUT2D eigenvalue weighted by Gasteiger charge is 2.32. The molecule has 2 heterocycles. The first kappa shape index (κ1) is 15.1. The zero-order chi connectivity index (χ0) is 13.7. The van der Waals surface area contributed by atoms with E-state index in [2.05, 4.69) is 24.1 Å². The van der Waals surface area contributed by atoms with Gasteiger partial charge in [0.25, 0.3) is 0 Å². The number of hydrogen-bond acceptors (Lipinski definition) is 4. The molecule has 19 heavy (non-hydrogen) atoms. The highest BCUT2D eigenvalue weighted by molar-refractivity contribution is 8.07. The van der Waals surface area contributed by atoms with Gasteiger partial charge in [0.15, 0.2) is 0 Å². The van der Waals surface area contributed by atoms with Gasteiger partial charge in [-0.2, -0.15) is 23.5 Å². The van der Waals surface area contributed by atoms with Crippen LogP contribution in [-0.2, 0) is 0 Å². The van der Waals surface area contributed by atoms with Gasteiger partial charge in [0, 0.05) is 39.8 Å². The summed E-state index contributed by atoms with van der Waals surface area (Å²) in [5.41, 5.74) is 0.760. The Morgan fingerprint density at radius 1 is 1.47 bits per heavy atom. The third-order valence-electron chi connectivity index (χ3n) is 3.32. The molecule has 3 unspecified atom stereocenters. The van der Waals surface area contributed by atoms with Crippen LogP contribution in [0.4, 0.5) is 4.39 Å². The molecule has 0 radical (unpaired) electrons. The molecule has 3 atom stereocenters. The Hall–Kier alpha value is -0.260. The summed E-state index contributed by atoms with van der Waals surface area (Å²) < 4.78 is 14.0. The predicted octanol–water partition coefficient (Wildman–Crippen LogP) is 3.50. The summed E-state index contributed by atoms with van der Waals surface area (Å²) in [5, 5.41) is 4.49. The van der Waals surface area contributed by atoms with Crippen LogP contribution in [0, 0.1) is 5.82 Å². The average molecular weight is 300 g/mol. The molecule has 2 nitrogen and oxygen atoms in total. The molecule has 2 rings (SSSR count). The first-order valence-corrected chi connectivity index (χ1v) is 8.89. The minimum atomic E-state index is -0.195. The van der Waals surface area contributed by atoms with E-state index in [1.54, 1.807) is 6.20 Å². The summed E-state index contributed by atoms with van der Waals surface area (Å²) in [6, 6.07) is 1.89. The Morgan fingerprint density at radius 2 is 2.26 bits per heavy atom. The second-order valence-corrected chi connectivity index (χ2v) is 7.51. The normalized spacial score (nSPS) is 25.2. The third-order valence-corrected chi connectivity index (χ3v) is 6.51. The molecular weight excluding hydrogens is 279 g/mol. The number of halogens is 1. The van der Waals surface area contributed by atoms with Crippen LogP contribution in [0.2, 0.25) is 0 Å². The Morgan fingerprint density at radius 3 is 2.95 bits per heavy atom. The Bertz CT molecular complexity index is 403. The summed E-state index contributed by atoms with van der Waals surface area (Å²) in [6.45, 7) is 5.31. The van der Waals surface area contributed by atoms with Crippen LogP contribution in [0.5, 0.6) is 0 Å². The Balaban J connectivity index is 2.22. The summed E-state index contributed by atoms with van der Waals surface area (Å²) in [7, 11) is 0. The van der Waals surface area contributed by atoms with Gasteiger partial charge in [-0.1, -0.05) is 13.8 Å². The van der Waals surface area contributed by atoms with Crippen LogP contribution >= 0.6 is 23.5 Å². The highest BCUT2D eigenvalue weighted by Crippen LogP contribution is 2.39. The van der Waals surface area contributed by atoms with Gasteiger partial charge in [-0.3, -0.25) is 4.98 Å². The molecule has 1 fully saturated rings. The number of nitrogens with zero attached hydrogens (tertiary/aromatic N) is 1. The lowest BCUT2D eigenvalue weighted by Crippen LogP contribution is -2.38. The van der Waals surface area contributed by atoms with Gasteiger partial charge >= 0.3 is 0 Å². The van der Waals surface area contributed by atoms with E-state index in [0.717, 1.165) is 24.3 Å². The molecule has 0 aliphatic carbocycles. The maximum atomic E-state index is 14.0. The highest BCUT2D eigenvalue weighted by atomic mass is 32.2. The SMILES string of the molecule is CCCNC(c1ccncc1F)C1SCCSC1C. The van der Waals surface area contributed by atoms with Crippen molar-refractivity contribution < 1.29 is 4.39 Å². The van der Waals surface area contributed by atoms with Crippen molar-refractivity contribution >= 4 is 23.5 Å². The van der Waals surface area contributed by atoms with E-state index in [-0.39, 0.29) is 11.9 Å². The summed E-state index contributed by atoms with van der Waals surface area (Å²) >= 11 is 3.95. The fourth-order valence-electron chi connectivity index (χ4n) is 2.36. The average Bonchev–Trinajstić information content (AvgIpc) is 2.42. The molecular formula is C14H21FN2S2. The fourth-order valence-corrected chi connectivity index (χ4v) is 5.30. The van der Waals surface area contributed by atoms with Gasteiger partial charge in [-0.15, -0.1) is 0 Å². The molecule has 0 saturated carbocycles. The Kier molecular flexibility index (Phi) is 5.98. The second kappa shape index (κ2) is 7.50. The van der Waals surface area contributed by atoms with Gasteiger partial charge in [-0.25, -0.2) is 4.39 Å². The molecule has 1 aliphatic heterocycles. The number of pyridine rings is 1. The number of nitrogens with one attached hydrogen (secondary N) is 1. The molecule has 0 spiro atoms. The smallest absolute Gasteiger partial charge is 0.146 e. The van der Waals surface area contributed by atoms with E-state index in [1.807, 2.05) is 29.6 Å². The lowest BCUT2D eigenvalue weighted by atomic mass is 10.0. The van der Waals surface area contributed by atoms with Crippen molar-refractivity contribution in [1.82, 2.24) is 10.3 Å². The minimum absolute atomic E-state index is 0.0794. The largest absolute Gasteiger partial charge is 0.309 e. The van der Waals surface area contributed by atoms with E-state index in [1.165, 1.54) is 11.9 Å². The van der Waals surface area contributed by atoms with Crippen molar-refractivity contribution in [2.75, 3.05) is 18.1 Å². The van der Waals surface area contributed by atoms with Crippen LogP contribution in [0.1, 0.15) is 31.9 Å². The molecule has 1 aliphatic rings. The van der Waals surface area contributed by atoms with Crippen LogP contribution in [-0.4, -0.2) is 33.5 Å². The molecule has 1 saturated heterocycles. The van der Waals surface area contributed by atoms with E-state index in [9.17, 15) is 4.39 Å². The van der Waals surface area contributed by atoms with Gasteiger partial charge < -0.3 is 5.32 Å². The maximum absolute atomic E-state index is 14.0. The molecule has 1 aromatic heterocycles. The lowest BCUT2D eigenvalue weighted by molar-refractivity contribution is 0.480. The topological polar surface area (TPSA) is 24.9 Å². The number of hydrogen-bond donors (Lipinski definition) is 1. The molecule has 0 amide bonds. The van der Waals surface area contributed by atoms with Gasteiger partial charge in [0.05, 0.1) is 6.20 Å². The fraction of sp³-hybridized carbons (Fsp3) is 0.643. The van der Waals surface area contributed by atoms with E-state index in [4.69, 9.17) is 0 Å². The minimum Gasteiger partial charge on any atom is -0.309 e. The maximum Gasteiger partial charge on any atom is 0.146 e. The third kappa shape index (κ3) is 3.86. The summed E-state index contributed by atoms with van der Waals surface area (Å²) in [6.07, 6.45) is 4.06. The van der Waals surface area contributed by atoms with Crippen LogP contribution in [0.15, 0.2) is 18.5 Å². The van der Waals surface area contributed by atoms with Crippen molar-refractivity contribution in [3.8, 4) is 0 Å². The van der Waals surface area contributed by atoms with E-state index >= 15 is 0 Å². The molecule has 0 bridgehead atoms. The summed E-state index contributed by atoms with van der Waals surface area (Å²) in [4.78, 5) is 3.86. The van der Waals surface area contributed by atoms with Crippen molar-refractivity contribution in [1.29, 1.82) is 0 Å². The Labute approximate surface area is 123 Å². The van der Waals surface area contributed by atoms with Crippen LogP contribution in [0.3, 0.4) is 0 Å². The molecule has 106 valence electrons. The van der Waals surface area contributed by atoms with Crippen molar-refractivity contribution in [2.45, 2.75) is 36.8 Å². The second-order valence-electron chi connectivity index (χ2n) is 4.74. The zero-order valence-electron chi connectivity index (χ0n) is 11.4. The van der Waals surface area contributed by atoms with Crippen LogP contribution in [0.25, 0.3) is 0 Å². The van der Waals surface area contributed by atoms with Crippen LogP contribution < -0.4 is 5.32 Å². The van der Waals surface area contributed by atoms with Gasteiger partial charge in [0.1, 0.15) is 5.82 Å². The molecule has 0 aromatic carbocycles. The standard InChI is InChI=1S/C14H21FN2S2/c1-3-5-17-13(11-4-6-16-9-12(11)15)14-10(2)18-7-8-19-14/h4,6,9-10,13-14,17H,3,5,7-8H2,1-2H3. The van der Waals surface area contributed by atoms with E-state index < -0.39 is 0 Å². The number of rotatable bonds is 5. The van der Waals surface area contributed by atoms with Gasteiger partial charge in [-0.05, 0) is 19.0 Å². The lowest BCUT2D eigenvalue weighted by Gasteiger charge is -2.35. The molecule has 5 heteroatoms. The quantitative estimate of drug-likeness (QED) is 0.899. The van der Waals surface area contributed by atoms with Crippen molar-refractivity contribution in [2.24, 2.45) is 0 Å². The summed E-state index contributed by atoms with van der Waals surface area (Å²) in [5.74, 6) is 2.15. The first-order valence-electron chi connectivity index (χ1n) is 6.80.